The fraction of sp³-hybridized carbons (Fsp3) is 0.455. The second-order valence-corrected chi connectivity index (χ2v) is 3.95. The maximum Gasteiger partial charge on any atom is 0.419 e. The number of benzene rings is 1. The summed E-state index contributed by atoms with van der Waals surface area (Å²) < 4.78 is 37.2. The van der Waals surface area contributed by atoms with Crippen molar-refractivity contribution in [3.05, 3.63) is 29.3 Å². The van der Waals surface area contributed by atoms with E-state index in [0.717, 1.165) is 12.1 Å². The van der Waals surface area contributed by atoms with Gasteiger partial charge in [-0.3, -0.25) is 0 Å². The lowest BCUT2D eigenvalue weighted by Gasteiger charge is -2.11. The maximum absolute atomic E-state index is 12.4. The van der Waals surface area contributed by atoms with E-state index in [1.165, 1.54) is 6.07 Å². The van der Waals surface area contributed by atoms with Crippen molar-refractivity contribution in [3.63, 3.8) is 0 Å². The molecule has 0 saturated heterocycles. The molecule has 0 amide bonds. The van der Waals surface area contributed by atoms with Gasteiger partial charge in [-0.25, -0.2) is 0 Å². The molecule has 0 unspecified atom stereocenters. The van der Waals surface area contributed by atoms with E-state index >= 15 is 0 Å². The molecule has 0 heterocycles. The molecule has 15 heavy (non-hydrogen) atoms. The molecule has 1 N–H and O–H groups in total. The normalized spacial score (nSPS) is 12.1. The van der Waals surface area contributed by atoms with Gasteiger partial charge in [-0.2, -0.15) is 13.2 Å². The van der Waals surface area contributed by atoms with E-state index in [-0.39, 0.29) is 5.92 Å². The summed E-state index contributed by atoms with van der Waals surface area (Å²) in [5.41, 5.74) is -0.365. The second-order valence-electron chi connectivity index (χ2n) is 3.95. The third-order valence-electron chi connectivity index (χ3n) is 2.01. The standard InChI is InChI=1S/C11H13F3O/c1-7(2)5-8-3-4-10(15)9(6-8)11(12,13)14/h3-4,6-7,15H,5H2,1-2H3. The summed E-state index contributed by atoms with van der Waals surface area (Å²) >= 11 is 0. The SMILES string of the molecule is CC(C)Cc1ccc(O)c(C(F)(F)F)c1. The third kappa shape index (κ3) is 3.15. The largest absolute Gasteiger partial charge is 0.507 e. The molecule has 4 heteroatoms. The van der Waals surface area contributed by atoms with Crippen LogP contribution in [-0.2, 0) is 12.6 Å². The molecule has 0 atom stereocenters. The Bertz CT molecular complexity index is 342. The molecule has 0 saturated carbocycles. The highest BCUT2D eigenvalue weighted by Crippen LogP contribution is 2.36. The summed E-state index contributed by atoms with van der Waals surface area (Å²) in [5, 5.41) is 9.08. The molecule has 0 aliphatic rings. The van der Waals surface area contributed by atoms with E-state index in [0.29, 0.717) is 12.0 Å². The summed E-state index contributed by atoms with van der Waals surface area (Å²) in [7, 11) is 0. The average Bonchev–Trinajstić information content (AvgIpc) is 2.05. The Labute approximate surface area is 86.5 Å². The van der Waals surface area contributed by atoms with Gasteiger partial charge in [0, 0.05) is 0 Å². The van der Waals surface area contributed by atoms with Crippen LogP contribution in [0.25, 0.3) is 0 Å². The monoisotopic (exact) mass is 218 g/mol. The summed E-state index contributed by atoms with van der Waals surface area (Å²) in [6, 6.07) is 3.63. The fourth-order valence-corrected chi connectivity index (χ4v) is 1.41. The molecule has 0 aliphatic carbocycles. The molecule has 0 radical (unpaired) electrons. The first-order valence-electron chi connectivity index (χ1n) is 4.70. The van der Waals surface area contributed by atoms with Crippen molar-refractivity contribution < 1.29 is 18.3 Å². The number of halogens is 3. The van der Waals surface area contributed by atoms with Crippen molar-refractivity contribution in [2.45, 2.75) is 26.4 Å². The lowest BCUT2D eigenvalue weighted by molar-refractivity contribution is -0.138. The minimum atomic E-state index is -4.49. The highest BCUT2D eigenvalue weighted by Gasteiger charge is 2.33. The molecule has 1 rings (SSSR count). The molecule has 0 spiro atoms. The van der Waals surface area contributed by atoms with Crippen LogP contribution < -0.4 is 0 Å². The van der Waals surface area contributed by atoms with Gasteiger partial charge >= 0.3 is 6.18 Å². The topological polar surface area (TPSA) is 20.2 Å². The molecular weight excluding hydrogens is 205 g/mol. The van der Waals surface area contributed by atoms with Gasteiger partial charge in [-0.15, -0.1) is 0 Å². The third-order valence-corrected chi connectivity index (χ3v) is 2.01. The molecule has 0 bridgehead atoms. The molecule has 1 nitrogen and oxygen atoms in total. The summed E-state index contributed by atoms with van der Waals surface area (Å²) in [6.07, 6.45) is -3.92. The van der Waals surface area contributed by atoms with E-state index in [2.05, 4.69) is 0 Å². The van der Waals surface area contributed by atoms with Gasteiger partial charge in [0.15, 0.2) is 0 Å². The van der Waals surface area contributed by atoms with Crippen molar-refractivity contribution in [2.24, 2.45) is 5.92 Å². The summed E-state index contributed by atoms with van der Waals surface area (Å²) in [6.45, 7) is 3.86. The minimum Gasteiger partial charge on any atom is -0.507 e. The van der Waals surface area contributed by atoms with Crippen molar-refractivity contribution in [2.75, 3.05) is 0 Å². The number of phenolic OH excluding ortho intramolecular Hbond substituents is 1. The van der Waals surface area contributed by atoms with Crippen LogP contribution in [0.15, 0.2) is 18.2 Å². The summed E-state index contributed by atoms with van der Waals surface area (Å²) in [5.74, 6) is -0.425. The van der Waals surface area contributed by atoms with Crippen LogP contribution in [0.3, 0.4) is 0 Å². The van der Waals surface area contributed by atoms with Crippen molar-refractivity contribution in [1.29, 1.82) is 0 Å². The molecule has 1 aromatic carbocycles. The van der Waals surface area contributed by atoms with Crippen molar-refractivity contribution in [3.8, 4) is 5.75 Å². The van der Waals surface area contributed by atoms with Gasteiger partial charge in [0.2, 0.25) is 0 Å². The first-order chi connectivity index (χ1) is 6.80. The second kappa shape index (κ2) is 4.13. The number of alkyl halides is 3. The number of rotatable bonds is 2. The van der Waals surface area contributed by atoms with E-state index in [9.17, 15) is 13.2 Å². The van der Waals surface area contributed by atoms with Gasteiger partial charge in [0.1, 0.15) is 5.75 Å². The highest BCUT2D eigenvalue weighted by molar-refractivity contribution is 5.38. The number of hydrogen-bond acceptors (Lipinski definition) is 1. The molecule has 1 aromatic rings. The van der Waals surface area contributed by atoms with Gasteiger partial charge in [-0.05, 0) is 30.0 Å². The lowest BCUT2D eigenvalue weighted by Crippen LogP contribution is -2.06. The Morgan fingerprint density at radius 2 is 1.87 bits per heavy atom. The molecular formula is C11H13F3O. The van der Waals surface area contributed by atoms with Crippen LogP contribution in [0.5, 0.6) is 5.75 Å². The first kappa shape index (κ1) is 11.9. The lowest BCUT2D eigenvalue weighted by atomic mass is 10.0. The predicted molar refractivity (Wildman–Crippen MR) is 51.7 cm³/mol. The molecule has 0 fully saturated rings. The van der Waals surface area contributed by atoms with Gasteiger partial charge in [0.25, 0.3) is 0 Å². The maximum atomic E-state index is 12.4. The number of hydrogen-bond donors (Lipinski definition) is 1. The van der Waals surface area contributed by atoms with E-state index in [4.69, 9.17) is 5.11 Å². The van der Waals surface area contributed by atoms with Gasteiger partial charge in [-0.1, -0.05) is 19.9 Å². The molecule has 84 valence electrons. The number of phenols is 1. The smallest absolute Gasteiger partial charge is 0.419 e. The fourth-order valence-electron chi connectivity index (χ4n) is 1.41. The molecule has 0 aliphatic heterocycles. The van der Waals surface area contributed by atoms with E-state index in [1.807, 2.05) is 13.8 Å². The van der Waals surface area contributed by atoms with E-state index in [1.54, 1.807) is 0 Å². The Balaban J connectivity index is 3.06. The Morgan fingerprint density at radius 3 is 2.33 bits per heavy atom. The van der Waals surface area contributed by atoms with Crippen LogP contribution in [-0.4, -0.2) is 5.11 Å². The van der Waals surface area contributed by atoms with Crippen LogP contribution in [0.1, 0.15) is 25.0 Å². The summed E-state index contributed by atoms with van der Waals surface area (Å²) in [4.78, 5) is 0. The quantitative estimate of drug-likeness (QED) is 0.803. The van der Waals surface area contributed by atoms with Crippen molar-refractivity contribution in [1.82, 2.24) is 0 Å². The highest BCUT2D eigenvalue weighted by atomic mass is 19.4. The van der Waals surface area contributed by atoms with Crippen molar-refractivity contribution >= 4 is 0 Å². The van der Waals surface area contributed by atoms with Gasteiger partial charge in [0.05, 0.1) is 5.56 Å². The zero-order chi connectivity index (χ0) is 11.6. The van der Waals surface area contributed by atoms with Crippen LogP contribution >= 0.6 is 0 Å². The Kier molecular flexibility index (Phi) is 3.27. The zero-order valence-corrected chi connectivity index (χ0v) is 8.60. The van der Waals surface area contributed by atoms with Gasteiger partial charge < -0.3 is 5.11 Å². The van der Waals surface area contributed by atoms with Crippen LogP contribution in [0, 0.1) is 5.92 Å². The first-order valence-corrected chi connectivity index (χ1v) is 4.70. The average molecular weight is 218 g/mol. The predicted octanol–water partition coefficient (Wildman–Crippen LogP) is 3.61. The Hall–Kier alpha value is -1.19. The van der Waals surface area contributed by atoms with E-state index < -0.39 is 17.5 Å². The number of aromatic hydroxyl groups is 1. The van der Waals surface area contributed by atoms with Crippen LogP contribution in [0.4, 0.5) is 13.2 Å². The van der Waals surface area contributed by atoms with Crippen LogP contribution in [0.2, 0.25) is 0 Å². The zero-order valence-electron chi connectivity index (χ0n) is 8.60. The minimum absolute atomic E-state index is 0.288. The Morgan fingerprint density at radius 1 is 1.27 bits per heavy atom. The molecule has 0 aromatic heterocycles.